The van der Waals surface area contributed by atoms with Crippen LogP contribution in [0.5, 0.6) is 5.75 Å². The molecule has 2 aromatic carbocycles. The largest absolute Gasteiger partial charge is 0.497 e. The highest BCUT2D eigenvalue weighted by Gasteiger charge is 2.23. The quantitative estimate of drug-likeness (QED) is 0.595. The van der Waals surface area contributed by atoms with E-state index in [4.69, 9.17) is 21.1 Å². The minimum absolute atomic E-state index is 0.0343. The summed E-state index contributed by atoms with van der Waals surface area (Å²) in [6, 6.07) is 12.0. The van der Waals surface area contributed by atoms with E-state index in [9.17, 15) is 14.7 Å². The molecular weight excluding hydrogens is 406 g/mol. The number of aromatic nitrogens is 1. The van der Waals surface area contributed by atoms with E-state index in [0.29, 0.717) is 33.1 Å². The Morgan fingerprint density at radius 2 is 1.80 bits per heavy atom. The lowest BCUT2D eigenvalue weighted by molar-refractivity contribution is -0.152. The van der Waals surface area contributed by atoms with Crippen LogP contribution in [-0.2, 0) is 16.0 Å². The maximum atomic E-state index is 13.3. The molecule has 1 heterocycles. The summed E-state index contributed by atoms with van der Waals surface area (Å²) in [6.45, 7) is 4.98. The van der Waals surface area contributed by atoms with Crippen molar-refractivity contribution < 1.29 is 24.2 Å². The first-order valence-electron chi connectivity index (χ1n) is 9.58. The Labute approximate surface area is 180 Å². The number of aliphatic hydroxyl groups excluding tert-OH is 1. The predicted molar refractivity (Wildman–Crippen MR) is 115 cm³/mol. The zero-order valence-electron chi connectivity index (χ0n) is 17.3. The fourth-order valence-electron chi connectivity index (χ4n) is 3.29. The fourth-order valence-corrected chi connectivity index (χ4v) is 3.41. The van der Waals surface area contributed by atoms with Gasteiger partial charge in [0.1, 0.15) is 11.9 Å². The van der Waals surface area contributed by atoms with Crippen molar-refractivity contribution in [2.45, 2.75) is 39.4 Å². The second-order valence-electron chi connectivity index (χ2n) is 7.21. The summed E-state index contributed by atoms with van der Waals surface area (Å²) in [7, 11) is 1.56. The lowest BCUT2D eigenvalue weighted by atomic mass is 10.1. The zero-order chi connectivity index (χ0) is 22.0. The smallest absolute Gasteiger partial charge is 0.310 e. The summed E-state index contributed by atoms with van der Waals surface area (Å²) in [6.07, 6.45) is -1.44. The van der Waals surface area contributed by atoms with Gasteiger partial charge in [0.2, 0.25) is 0 Å². The molecule has 0 bridgehead atoms. The van der Waals surface area contributed by atoms with E-state index in [0.717, 1.165) is 5.39 Å². The molecule has 1 aromatic heterocycles. The summed E-state index contributed by atoms with van der Waals surface area (Å²) in [4.78, 5) is 25.7. The lowest BCUT2D eigenvalue weighted by Crippen LogP contribution is -2.26. The van der Waals surface area contributed by atoms with Crippen molar-refractivity contribution in [1.29, 1.82) is 0 Å². The number of hydrogen-bond acceptors (Lipinski definition) is 5. The maximum absolute atomic E-state index is 13.3. The molecule has 0 fully saturated rings. The normalized spacial score (nSPS) is 13.1. The average Bonchev–Trinajstić information content (AvgIpc) is 2.98. The van der Waals surface area contributed by atoms with Gasteiger partial charge in [-0.25, -0.2) is 0 Å². The van der Waals surface area contributed by atoms with Gasteiger partial charge in [0.05, 0.1) is 25.2 Å². The first kappa shape index (κ1) is 21.9. The standard InChI is InChI=1S/C23H24ClNO5/c1-13-19(12-22(27)30-15(3)14(2)26)20-11-18(29-4)9-10-21(20)25(13)23(28)16-5-7-17(24)8-6-16/h5-11,14-15,26H,12H2,1-4H3. The maximum Gasteiger partial charge on any atom is 0.310 e. The molecule has 1 N–H and O–H groups in total. The van der Waals surface area contributed by atoms with Crippen LogP contribution in [0, 0.1) is 6.92 Å². The van der Waals surface area contributed by atoms with Crippen LogP contribution in [0.15, 0.2) is 42.5 Å². The van der Waals surface area contributed by atoms with Gasteiger partial charge in [0.15, 0.2) is 0 Å². The van der Waals surface area contributed by atoms with Crippen LogP contribution in [0.3, 0.4) is 0 Å². The predicted octanol–water partition coefficient (Wildman–Crippen LogP) is 4.16. The molecule has 0 spiro atoms. The van der Waals surface area contributed by atoms with Gasteiger partial charge in [-0.3, -0.25) is 14.2 Å². The minimum atomic E-state index is -0.775. The number of esters is 1. The Kier molecular flexibility index (Phi) is 6.48. The molecule has 6 nitrogen and oxygen atoms in total. The number of halogens is 1. The van der Waals surface area contributed by atoms with Crippen LogP contribution in [0.4, 0.5) is 0 Å². The molecule has 7 heteroatoms. The first-order chi connectivity index (χ1) is 14.2. The van der Waals surface area contributed by atoms with Crippen molar-refractivity contribution in [3.8, 4) is 5.75 Å². The van der Waals surface area contributed by atoms with E-state index < -0.39 is 18.2 Å². The van der Waals surface area contributed by atoms with Crippen LogP contribution >= 0.6 is 11.6 Å². The van der Waals surface area contributed by atoms with Crippen LogP contribution in [0.2, 0.25) is 5.02 Å². The van der Waals surface area contributed by atoms with Crippen molar-refractivity contribution in [2.24, 2.45) is 0 Å². The van der Waals surface area contributed by atoms with E-state index in [1.165, 1.54) is 0 Å². The molecule has 3 rings (SSSR count). The number of ether oxygens (including phenoxy) is 2. The van der Waals surface area contributed by atoms with E-state index in [2.05, 4.69) is 0 Å². The molecule has 0 saturated carbocycles. The van der Waals surface area contributed by atoms with Gasteiger partial charge in [-0.2, -0.15) is 0 Å². The molecule has 2 atom stereocenters. The highest BCUT2D eigenvalue weighted by atomic mass is 35.5. The molecule has 0 aliphatic heterocycles. The van der Waals surface area contributed by atoms with Crippen molar-refractivity contribution in [3.63, 3.8) is 0 Å². The summed E-state index contributed by atoms with van der Waals surface area (Å²) in [5, 5.41) is 10.9. The Bertz CT molecular complexity index is 1090. The number of methoxy groups -OCH3 is 1. The van der Waals surface area contributed by atoms with Gasteiger partial charge in [-0.1, -0.05) is 11.6 Å². The summed E-state index contributed by atoms with van der Waals surface area (Å²) in [5.41, 5.74) is 2.46. The molecular formula is C23H24ClNO5. The number of carbonyl (C=O) groups is 2. The average molecular weight is 430 g/mol. The van der Waals surface area contributed by atoms with Gasteiger partial charge in [-0.15, -0.1) is 0 Å². The summed E-state index contributed by atoms with van der Waals surface area (Å²) >= 11 is 5.95. The summed E-state index contributed by atoms with van der Waals surface area (Å²) in [5.74, 6) is -0.0887. The van der Waals surface area contributed by atoms with Crippen LogP contribution in [0.1, 0.15) is 35.5 Å². The number of nitrogens with zero attached hydrogens (tertiary/aromatic N) is 1. The van der Waals surface area contributed by atoms with E-state index in [1.807, 2.05) is 0 Å². The topological polar surface area (TPSA) is 77.8 Å². The SMILES string of the molecule is COc1ccc2c(c1)c(CC(=O)OC(C)C(C)O)c(C)n2C(=O)c1ccc(Cl)cc1. The minimum Gasteiger partial charge on any atom is -0.497 e. The monoisotopic (exact) mass is 429 g/mol. The lowest BCUT2D eigenvalue weighted by Gasteiger charge is -2.15. The van der Waals surface area contributed by atoms with Gasteiger partial charge in [0, 0.05) is 21.7 Å². The number of hydrogen-bond donors (Lipinski definition) is 1. The highest BCUT2D eigenvalue weighted by Crippen LogP contribution is 2.31. The second kappa shape index (κ2) is 8.90. The number of fused-ring (bicyclic) bond motifs is 1. The summed E-state index contributed by atoms with van der Waals surface area (Å²) < 4.78 is 12.2. The molecule has 3 aromatic rings. The fraction of sp³-hybridized carbons (Fsp3) is 0.304. The van der Waals surface area contributed by atoms with Crippen LogP contribution in [0.25, 0.3) is 10.9 Å². The van der Waals surface area contributed by atoms with Gasteiger partial charge >= 0.3 is 5.97 Å². The number of rotatable bonds is 6. The molecule has 158 valence electrons. The Hall–Kier alpha value is -2.83. The van der Waals surface area contributed by atoms with E-state index in [1.54, 1.807) is 74.9 Å². The molecule has 0 saturated heterocycles. The highest BCUT2D eigenvalue weighted by molar-refractivity contribution is 6.30. The molecule has 0 radical (unpaired) electrons. The van der Waals surface area contributed by atoms with E-state index in [-0.39, 0.29) is 12.3 Å². The van der Waals surface area contributed by atoms with Crippen molar-refractivity contribution >= 4 is 34.4 Å². The molecule has 30 heavy (non-hydrogen) atoms. The Morgan fingerprint density at radius 3 is 2.40 bits per heavy atom. The number of carbonyl (C=O) groups excluding carboxylic acids is 2. The van der Waals surface area contributed by atoms with Crippen molar-refractivity contribution in [2.75, 3.05) is 7.11 Å². The molecule has 2 unspecified atom stereocenters. The van der Waals surface area contributed by atoms with Crippen LogP contribution < -0.4 is 4.74 Å². The third-order valence-corrected chi connectivity index (χ3v) is 5.41. The van der Waals surface area contributed by atoms with Crippen molar-refractivity contribution in [1.82, 2.24) is 4.57 Å². The second-order valence-corrected chi connectivity index (χ2v) is 7.64. The Balaban J connectivity index is 2.08. The molecule has 0 aliphatic rings. The van der Waals surface area contributed by atoms with Crippen LogP contribution in [-0.4, -0.2) is 40.9 Å². The third-order valence-electron chi connectivity index (χ3n) is 5.15. The zero-order valence-corrected chi connectivity index (χ0v) is 18.1. The van der Waals surface area contributed by atoms with E-state index >= 15 is 0 Å². The Morgan fingerprint density at radius 1 is 1.13 bits per heavy atom. The number of benzene rings is 2. The van der Waals surface area contributed by atoms with Crippen molar-refractivity contribution in [3.05, 3.63) is 64.3 Å². The molecule has 0 aliphatic carbocycles. The third kappa shape index (κ3) is 4.35. The van der Waals surface area contributed by atoms with Gasteiger partial charge in [-0.05, 0) is 68.8 Å². The number of aliphatic hydroxyl groups is 1. The molecule has 0 amide bonds. The first-order valence-corrected chi connectivity index (χ1v) is 9.96. The van der Waals surface area contributed by atoms with Gasteiger partial charge < -0.3 is 14.6 Å². The van der Waals surface area contributed by atoms with Gasteiger partial charge in [0.25, 0.3) is 5.91 Å².